The smallest absolute Gasteiger partial charge is 0.171 e. The Morgan fingerprint density at radius 2 is 2.05 bits per heavy atom. The quantitative estimate of drug-likeness (QED) is 0.828. The average Bonchev–Trinajstić information content (AvgIpc) is 2.68. The molecular weight excluding hydrogens is 346 g/mol. The van der Waals surface area contributed by atoms with E-state index in [0.717, 1.165) is 30.8 Å². The predicted molar refractivity (Wildman–Crippen MR) is 86.4 cm³/mol. The van der Waals surface area contributed by atoms with Crippen molar-refractivity contribution in [2.45, 2.75) is 26.7 Å². The molecule has 0 aliphatic rings. The van der Waals surface area contributed by atoms with Crippen molar-refractivity contribution in [3.05, 3.63) is 26.1 Å². The number of thiophene rings is 1. The molecule has 0 aliphatic carbocycles. The van der Waals surface area contributed by atoms with Gasteiger partial charge in [0.25, 0.3) is 0 Å². The minimum Gasteiger partial charge on any atom is -0.373 e. The largest absolute Gasteiger partial charge is 0.373 e. The van der Waals surface area contributed by atoms with Crippen molar-refractivity contribution in [1.29, 1.82) is 0 Å². The van der Waals surface area contributed by atoms with Crippen LogP contribution in [0.3, 0.4) is 0 Å². The van der Waals surface area contributed by atoms with Gasteiger partial charge in [-0.05, 0) is 34.8 Å². The van der Waals surface area contributed by atoms with Crippen molar-refractivity contribution in [3.8, 4) is 10.7 Å². The predicted octanol–water partition coefficient (Wildman–Crippen LogP) is 5.09. The van der Waals surface area contributed by atoms with Crippen LogP contribution in [0.5, 0.6) is 0 Å². The fourth-order valence-corrected chi connectivity index (χ4v) is 3.67. The van der Waals surface area contributed by atoms with Crippen molar-refractivity contribution in [2.24, 2.45) is 0 Å². The first-order chi connectivity index (χ1) is 8.93. The van der Waals surface area contributed by atoms with Gasteiger partial charge in [0.2, 0.25) is 0 Å². The molecule has 19 heavy (non-hydrogen) atoms. The minimum absolute atomic E-state index is 0.384. The summed E-state index contributed by atoms with van der Waals surface area (Å²) < 4.78 is 1.60. The molecule has 0 saturated heterocycles. The molecule has 102 valence electrons. The van der Waals surface area contributed by atoms with E-state index in [9.17, 15) is 0 Å². The third kappa shape index (κ3) is 2.93. The lowest BCUT2D eigenvalue weighted by Crippen LogP contribution is -2.06. The van der Waals surface area contributed by atoms with E-state index in [1.807, 2.05) is 20.0 Å². The summed E-state index contributed by atoms with van der Waals surface area (Å²) in [4.78, 5) is 10.2. The van der Waals surface area contributed by atoms with Gasteiger partial charge in [0, 0.05) is 22.8 Å². The summed E-state index contributed by atoms with van der Waals surface area (Å²) in [5.41, 5.74) is 2.16. The molecule has 0 aromatic carbocycles. The van der Waals surface area contributed by atoms with Crippen LogP contribution in [0.2, 0.25) is 4.34 Å². The van der Waals surface area contributed by atoms with Crippen LogP contribution in [0.1, 0.15) is 31.0 Å². The van der Waals surface area contributed by atoms with Crippen molar-refractivity contribution in [1.82, 2.24) is 9.97 Å². The Hall–Kier alpha value is -0.650. The van der Waals surface area contributed by atoms with Gasteiger partial charge in [-0.25, -0.2) is 9.97 Å². The van der Waals surface area contributed by atoms with Crippen molar-refractivity contribution < 1.29 is 0 Å². The van der Waals surface area contributed by atoms with E-state index in [0.29, 0.717) is 11.7 Å². The number of nitrogens with one attached hydrogen (secondary N) is 1. The fourth-order valence-electron chi connectivity index (χ4n) is 2.03. The first-order valence-electron chi connectivity index (χ1n) is 5.95. The molecule has 3 nitrogen and oxygen atoms in total. The van der Waals surface area contributed by atoms with E-state index in [-0.39, 0.29) is 0 Å². The topological polar surface area (TPSA) is 37.8 Å². The molecule has 1 N–H and O–H groups in total. The van der Waals surface area contributed by atoms with Gasteiger partial charge in [0.15, 0.2) is 5.82 Å². The highest BCUT2D eigenvalue weighted by atomic mass is 79.9. The normalized spacial score (nSPS) is 11.1. The van der Waals surface area contributed by atoms with Crippen molar-refractivity contribution in [3.63, 3.8) is 0 Å². The second kappa shape index (κ2) is 5.77. The number of halogens is 2. The highest BCUT2D eigenvalue weighted by molar-refractivity contribution is 9.10. The molecule has 0 aliphatic heterocycles. The number of hydrogen-bond acceptors (Lipinski definition) is 4. The van der Waals surface area contributed by atoms with Crippen LogP contribution in [0.25, 0.3) is 10.7 Å². The number of hydrogen-bond donors (Lipinski definition) is 1. The molecule has 2 aromatic rings. The zero-order valence-electron chi connectivity index (χ0n) is 11.2. The lowest BCUT2D eigenvalue weighted by Gasteiger charge is -2.15. The number of nitrogens with zero attached hydrogens (tertiary/aromatic N) is 2. The van der Waals surface area contributed by atoms with Crippen molar-refractivity contribution >= 4 is 44.7 Å². The van der Waals surface area contributed by atoms with Gasteiger partial charge in [0.1, 0.15) is 10.2 Å². The molecule has 0 radical (unpaired) electrons. The zero-order valence-corrected chi connectivity index (χ0v) is 14.4. The summed E-state index contributed by atoms with van der Waals surface area (Å²) in [6.07, 6.45) is 0. The highest BCUT2D eigenvalue weighted by Gasteiger charge is 2.16. The van der Waals surface area contributed by atoms with Crippen molar-refractivity contribution in [2.75, 3.05) is 12.4 Å². The lowest BCUT2D eigenvalue weighted by atomic mass is 10.0. The molecule has 0 bridgehead atoms. The van der Waals surface area contributed by atoms with Gasteiger partial charge in [-0.1, -0.05) is 25.4 Å². The Labute approximate surface area is 130 Å². The van der Waals surface area contributed by atoms with Crippen LogP contribution in [0, 0.1) is 6.92 Å². The van der Waals surface area contributed by atoms with E-state index < -0.39 is 0 Å². The maximum atomic E-state index is 6.07. The summed E-state index contributed by atoms with van der Waals surface area (Å²) in [5, 5.41) is 3.16. The SMILES string of the molecule is CNc1nc(-c2cc(Br)c(Cl)s2)nc(C)c1C(C)C. The summed E-state index contributed by atoms with van der Waals surface area (Å²) in [5.74, 6) is 1.98. The van der Waals surface area contributed by atoms with Crippen LogP contribution in [-0.4, -0.2) is 17.0 Å². The van der Waals surface area contributed by atoms with E-state index in [1.165, 1.54) is 11.3 Å². The van der Waals surface area contributed by atoms with Crippen LogP contribution >= 0.6 is 38.9 Å². The second-order valence-corrected chi connectivity index (χ2v) is 7.04. The van der Waals surface area contributed by atoms with E-state index in [4.69, 9.17) is 11.6 Å². The molecule has 0 saturated carbocycles. The highest BCUT2D eigenvalue weighted by Crippen LogP contribution is 2.38. The van der Waals surface area contributed by atoms with Gasteiger partial charge in [0.05, 0.1) is 4.88 Å². The Bertz CT molecular complexity index is 591. The Morgan fingerprint density at radius 1 is 1.37 bits per heavy atom. The van der Waals surface area contributed by atoms with Gasteiger partial charge < -0.3 is 5.32 Å². The third-order valence-electron chi connectivity index (χ3n) is 2.82. The van der Waals surface area contributed by atoms with Crippen LogP contribution in [-0.2, 0) is 0 Å². The summed E-state index contributed by atoms with van der Waals surface area (Å²) in [6, 6.07) is 1.95. The molecule has 2 aromatic heterocycles. The summed E-state index contributed by atoms with van der Waals surface area (Å²) in [7, 11) is 1.88. The van der Waals surface area contributed by atoms with Gasteiger partial charge >= 0.3 is 0 Å². The standard InChI is InChI=1S/C13H15BrClN3S/c1-6(2)10-7(3)17-12(18-13(10)16-4)9-5-8(14)11(15)19-9/h5-6H,1-4H3,(H,16,17,18). The molecule has 6 heteroatoms. The molecule has 0 spiro atoms. The third-order valence-corrected chi connectivity index (χ3v) is 5.29. The number of rotatable bonds is 3. The maximum Gasteiger partial charge on any atom is 0.171 e. The van der Waals surface area contributed by atoms with Gasteiger partial charge in [-0.3, -0.25) is 0 Å². The number of aromatic nitrogens is 2. The first-order valence-corrected chi connectivity index (χ1v) is 7.94. The minimum atomic E-state index is 0.384. The van der Waals surface area contributed by atoms with E-state index >= 15 is 0 Å². The Morgan fingerprint density at radius 3 is 2.53 bits per heavy atom. The Balaban J connectivity index is 2.57. The monoisotopic (exact) mass is 359 g/mol. The number of anilines is 1. The summed E-state index contributed by atoms with van der Waals surface area (Å²) >= 11 is 11.0. The average molecular weight is 361 g/mol. The molecule has 0 amide bonds. The van der Waals surface area contributed by atoms with Crippen LogP contribution < -0.4 is 5.32 Å². The first kappa shape index (κ1) is 14.8. The zero-order chi connectivity index (χ0) is 14.2. The molecule has 0 atom stereocenters. The lowest BCUT2D eigenvalue weighted by molar-refractivity contribution is 0.834. The molecule has 2 heterocycles. The van der Waals surface area contributed by atoms with Gasteiger partial charge in [-0.15, -0.1) is 11.3 Å². The summed E-state index contributed by atoms with van der Waals surface area (Å²) in [6.45, 7) is 6.31. The molecular formula is C13H15BrClN3S. The molecule has 0 fully saturated rings. The molecule has 2 rings (SSSR count). The fraction of sp³-hybridized carbons (Fsp3) is 0.385. The Kier molecular flexibility index (Phi) is 4.48. The van der Waals surface area contributed by atoms with Crippen LogP contribution in [0.15, 0.2) is 10.5 Å². The van der Waals surface area contributed by atoms with E-state index in [1.54, 1.807) is 0 Å². The molecule has 0 unspecified atom stereocenters. The second-order valence-electron chi connectivity index (χ2n) is 4.53. The van der Waals surface area contributed by atoms with E-state index in [2.05, 4.69) is 45.1 Å². The van der Waals surface area contributed by atoms with Crippen LogP contribution in [0.4, 0.5) is 5.82 Å². The number of aryl methyl sites for hydroxylation is 1. The maximum absolute atomic E-state index is 6.07. The van der Waals surface area contributed by atoms with Gasteiger partial charge in [-0.2, -0.15) is 0 Å².